The van der Waals surface area contributed by atoms with Crippen molar-refractivity contribution in [3.8, 4) is 0 Å². The molecule has 2 aromatic heterocycles. The molecule has 0 saturated carbocycles. The Kier molecular flexibility index (Phi) is 3.50. The average Bonchev–Trinajstić information content (AvgIpc) is 2.94. The average molecular weight is 288 g/mol. The molecule has 0 atom stereocenters. The molecule has 0 fully saturated rings. The molecule has 0 saturated heterocycles. The lowest BCUT2D eigenvalue weighted by molar-refractivity contribution is 0.488. The number of hydrogen-bond donors (Lipinski definition) is 1. The summed E-state index contributed by atoms with van der Waals surface area (Å²) in [7, 11) is 1.93. The Labute approximate surface area is 121 Å². The molecule has 20 heavy (non-hydrogen) atoms. The number of para-hydroxylation sites is 2. The number of benzene rings is 1. The molecule has 5 nitrogen and oxygen atoms in total. The van der Waals surface area contributed by atoms with Crippen molar-refractivity contribution in [1.82, 2.24) is 14.8 Å². The smallest absolute Gasteiger partial charge is 0.263 e. The van der Waals surface area contributed by atoms with Crippen LogP contribution in [0.15, 0.2) is 38.9 Å². The Morgan fingerprint density at radius 2 is 2.15 bits per heavy atom. The van der Waals surface area contributed by atoms with Crippen molar-refractivity contribution in [2.24, 2.45) is 12.8 Å². The third-order valence-corrected chi connectivity index (χ3v) is 4.19. The maximum absolute atomic E-state index is 5.75. The van der Waals surface area contributed by atoms with Gasteiger partial charge in [0.1, 0.15) is 10.5 Å². The van der Waals surface area contributed by atoms with Gasteiger partial charge in [-0.05, 0) is 43.8 Å². The third kappa shape index (κ3) is 2.32. The highest BCUT2D eigenvalue weighted by atomic mass is 32.2. The molecular formula is C14H16N4OS. The summed E-state index contributed by atoms with van der Waals surface area (Å²) in [6, 6.07) is 7.75. The maximum atomic E-state index is 5.75. The number of oxazole rings is 1. The molecule has 0 aliphatic rings. The van der Waals surface area contributed by atoms with E-state index < -0.39 is 0 Å². The molecule has 0 aliphatic heterocycles. The van der Waals surface area contributed by atoms with E-state index in [1.54, 1.807) is 0 Å². The second-order valence-corrected chi connectivity index (χ2v) is 5.52. The van der Waals surface area contributed by atoms with Gasteiger partial charge in [-0.25, -0.2) is 4.98 Å². The van der Waals surface area contributed by atoms with Crippen LogP contribution in [-0.2, 0) is 13.5 Å². The van der Waals surface area contributed by atoms with E-state index in [4.69, 9.17) is 10.2 Å². The molecule has 0 bridgehead atoms. The van der Waals surface area contributed by atoms with Crippen LogP contribution in [0.1, 0.15) is 11.3 Å². The van der Waals surface area contributed by atoms with Crippen molar-refractivity contribution in [1.29, 1.82) is 0 Å². The number of aromatic nitrogens is 3. The van der Waals surface area contributed by atoms with E-state index in [2.05, 4.69) is 10.1 Å². The van der Waals surface area contributed by atoms with E-state index in [0.29, 0.717) is 11.8 Å². The van der Waals surface area contributed by atoms with Crippen LogP contribution in [0.4, 0.5) is 0 Å². The first-order valence-corrected chi connectivity index (χ1v) is 7.26. The molecular weight excluding hydrogens is 272 g/mol. The van der Waals surface area contributed by atoms with E-state index >= 15 is 0 Å². The fraction of sp³-hybridized carbons (Fsp3) is 0.286. The Morgan fingerprint density at radius 1 is 1.35 bits per heavy atom. The van der Waals surface area contributed by atoms with E-state index in [1.165, 1.54) is 17.3 Å². The van der Waals surface area contributed by atoms with Gasteiger partial charge in [-0.2, -0.15) is 5.10 Å². The van der Waals surface area contributed by atoms with Gasteiger partial charge in [-0.1, -0.05) is 12.1 Å². The topological polar surface area (TPSA) is 69.9 Å². The quantitative estimate of drug-likeness (QED) is 0.799. The lowest BCUT2D eigenvalue weighted by Crippen LogP contribution is -2.04. The molecule has 0 radical (unpaired) electrons. The number of hydrogen-bond acceptors (Lipinski definition) is 5. The Hall–Kier alpha value is -1.79. The van der Waals surface area contributed by atoms with E-state index in [0.717, 1.165) is 28.2 Å². The van der Waals surface area contributed by atoms with Crippen molar-refractivity contribution in [3.63, 3.8) is 0 Å². The first-order chi connectivity index (χ1) is 9.69. The lowest BCUT2D eigenvalue weighted by Gasteiger charge is -2.02. The number of nitrogens with two attached hydrogens (primary N) is 1. The van der Waals surface area contributed by atoms with Gasteiger partial charge in [0.2, 0.25) is 0 Å². The summed E-state index contributed by atoms with van der Waals surface area (Å²) in [5.41, 5.74) is 9.53. The number of rotatable bonds is 4. The lowest BCUT2D eigenvalue weighted by atomic mass is 10.2. The van der Waals surface area contributed by atoms with Crippen molar-refractivity contribution in [3.05, 3.63) is 35.5 Å². The van der Waals surface area contributed by atoms with Crippen molar-refractivity contribution in [2.45, 2.75) is 23.6 Å². The van der Waals surface area contributed by atoms with Gasteiger partial charge in [-0.3, -0.25) is 4.68 Å². The fourth-order valence-corrected chi connectivity index (χ4v) is 3.20. The molecule has 1 aromatic carbocycles. The maximum Gasteiger partial charge on any atom is 0.263 e. The van der Waals surface area contributed by atoms with Gasteiger partial charge in [0, 0.05) is 12.6 Å². The monoisotopic (exact) mass is 288 g/mol. The van der Waals surface area contributed by atoms with Gasteiger partial charge in [0.05, 0.1) is 5.69 Å². The molecule has 0 amide bonds. The fourth-order valence-electron chi connectivity index (χ4n) is 2.22. The highest BCUT2D eigenvalue weighted by molar-refractivity contribution is 7.99. The molecule has 104 valence electrons. The summed E-state index contributed by atoms with van der Waals surface area (Å²) in [5.74, 6) is 0. The summed E-state index contributed by atoms with van der Waals surface area (Å²) >= 11 is 1.49. The van der Waals surface area contributed by atoms with Crippen molar-refractivity contribution < 1.29 is 4.42 Å². The third-order valence-electron chi connectivity index (χ3n) is 3.14. The number of nitrogens with zero attached hydrogens (tertiary/aromatic N) is 3. The van der Waals surface area contributed by atoms with E-state index in [9.17, 15) is 0 Å². The predicted octanol–water partition coefficient (Wildman–Crippen LogP) is 2.52. The Morgan fingerprint density at radius 3 is 2.90 bits per heavy atom. The summed E-state index contributed by atoms with van der Waals surface area (Å²) in [6.07, 6.45) is 0.808. The molecule has 0 spiro atoms. The number of fused-ring (bicyclic) bond motifs is 1. The van der Waals surface area contributed by atoms with Gasteiger partial charge >= 0.3 is 0 Å². The molecule has 2 N–H and O–H groups in total. The van der Waals surface area contributed by atoms with Crippen LogP contribution in [0.2, 0.25) is 0 Å². The standard InChI is InChI=1S/C14H16N4OS/c1-9-10(7-8-15)13(18(2)17-9)20-14-16-11-5-3-4-6-12(11)19-14/h3-6H,7-8,15H2,1-2H3. The normalized spacial score (nSPS) is 11.3. The second-order valence-electron chi connectivity index (χ2n) is 4.58. The van der Waals surface area contributed by atoms with Crippen LogP contribution in [0, 0.1) is 6.92 Å². The molecule has 0 aliphatic carbocycles. The van der Waals surface area contributed by atoms with Gasteiger partial charge in [-0.15, -0.1) is 0 Å². The van der Waals surface area contributed by atoms with E-state index in [-0.39, 0.29) is 0 Å². The van der Waals surface area contributed by atoms with Crippen LogP contribution >= 0.6 is 11.8 Å². The van der Waals surface area contributed by atoms with Crippen molar-refractivity contribution in [2.75, 3.05) is 6.54 Å². The van der Waals surface area contributed by atoms with Gasteiger partial charge < -0.3 is 10.2 Å². The van der Waals surface area contributed by atoms with Crippen LogP contribution in [0.25, 0.3) is 11.1 Å². The SMILES string of the molecule is Cc1nn(C)c(Sc2nc3ccccc3o2)c1CCN. The van der Waals surface area contributed by atoms with Gasteiger partial charge in [0.15, 0.2) is 5.58 Å². The molecule has 0 unspecified atom stereocenters. The van der Waals surface area contributed by atoms with Crippen LogP contribution in [-0.4, -0.2) is 21.3 Å². The minimum atomic E-state index is 0.605. The summed E-state index contributed by atoms with van der Waals surface area (Å²) in [4.78, 5) is 4.48. The van der Waals surface area contributed by atoms with Crippen LogP contribution in [0.5, 0.6) is 0 Å². The zero-order valence-corrected chi connectivity index (χ0v) is 12.3. The summed E-state index contributed by atoms with van der Waals surface area (Å²) in [5, 5.41) is 6.12. The highest BCUT2D eigenvalue weighted by Crippen LogP contribution is 2.33. The summed E-state index contributed by atoms with van der Waals surface area (Å²) in [6.45, 7) is 2.61. The largest absolute Gasteiger partial charge is 0.431 e. The second kappa shape index (κ2) is 5.30. The predicted molar refractivity (Wildman–Crippen MR) is 78.8 cm³/mol. The zero-order valence-electron chi connectivity index (χ0n) is 11.5. The molecule has 2 heterocycles. The molecule has 6 heteroatoms. The Bertz CT molecular complexity index is 714. The molecule has 3 aromatic rings. The Balaban J connectivity index is 1.98. The molecule has 3 rings (SSSR count). The van der Waals surface area contributed by atoms with Crippen LogP contribution in [0.3, 0.4) is 0 Å². The summed E-state index contributed by atoms with van der Waals surface area (Å²) < 4.78 is 7.61. The minimum Gasteiger partial charge on any atom is -0.431 e. The minimum absolute atomic E-state index is 0.605. The number of aryl methyl sites for hydroxylation is 2. The first-order valence-electron chi connectivity index (χ1n) is 6.45. The zero-order chi connectivity index (χ0) is 14.1. The van der Waals surface area contributed by atoms with Gasteiger partial charge in [0.25, 0.3) is 5.22 Å². The highest BCUT2D eigenvalue weighted by Gasteiger charge is 2.16. The van der Waals surface area contributed by atoms with E-state index in [1.807, 2.05) is 42.9 Å². The van der Waals surface area contributed by atoms with Crippen molar-refractivity contribution >= 4 is 22.9 Å². The first kappa shape index (κ1) is 13.2. The van der Waals surface area contributed by atoms with Crippen LogP contribution < -0.4 is 5.73 Å².